The maximum Gasteiger partial charge on any atom is 0.0555 e. The molecule has 15 rings (SSSR count). The molecule has 3 heteroatoms. The molecule has 3 heterocycles. The minimum atomic E-state index is -0.285. The lowest BCUT2D eigenvalue weighted by atomic mass is 9.71. The molecule has 0 bridgehead atoms. The summed E-state index contributed by atoms with van der Waals surface area (Å²) in [5.74, 6) is 0. The summed E-state index contributed by atoms with van der Waals surface area (Å²) in [6, 6.07) is 73.8. The zero-order valence-corrected chi connectivity index (χ0v) is 38.6. The van der Waals surface area contributed by atoms with Gasteiger partial charge in [-0.2, -0.15) is 0 Å². The molecule has 316 valence electrons. The van der Waals surface area contributed by atoms with Gasteiger partial charge in [-0.25, -0.2) is 0 Å². The summed E-state index contributed by atoms with van der Waals surface area (Å²) in [6.45, 7) is 9.76. The van der Waals surface area contributed by atoms with Crippen molar-refractivity contribution < 1.29 is 0 Å². The van der Waals surface area contributed by atoms with Crippen LogP contribution in [0.5, 0.6) is 0 Å². The van der Waals surface area contributed by atoms with Crippen LogP contribution in [0.1, 0.15) is 49.9 Å². The van der Waals surface area contributed by atoms with Gasteiger partial charge < -0.3 is 9.47 Å². The highest BCUT2D eigenvalue weighted by molar-refractivity contribution is 7.25. The van der Waals surface area contributed by atoms with E-state index >= 15 is 0 Å². The topological polar surface area (TPSA) is 8.17 Å². The lowest BCUT2D eigenvalue weighted by molar-refractivity contribution is 0.628. The van der Waals surface area contributed by atoms with Gasteiger partial charge in [0.15, 0.2) is 0 Å². The minimum absolute atomic E-state index is 0.233. The zero-order valence-electron chi connectivity index (χ0n) is 37.8. The molecule has 0 amide bonds. The molecule has 2 nitrogen and oxygen atoms in total. The van der Waals surface area contributed by atoms with Crippen LogP contribution in [0, 0.1) is 0 Å². The van der Waals surface area contributed by atoms with E-state index in [9.17, 15) is 0 Å². The molecule has 0 atom stereocenters. The molecule has 1 aliphatic heterocycles. The number of nitrogens with zero attached hydrogens (tertiary/aromatic N) is 2. The van der Waals surface area contributed by atoms with Crippen molar-refractivity contribution in [1.82, 2.24) is 4.57 Å². The van der Waals surface area contributed by atoms with Crippen molar-refractivity contribution in [2.45, 2.75) is 38.5 Å². The fraction of sp³-hybridized carbons (Fsp3) is 0.0938. The lowest BCUT2D eigenvalue weighted by Crippen LogP contribution is -2.31. The highest BCUT2D eigenvalue weighted by atomic mass is 32.1. The molecule has 2 aromatic heterocycles. The standard InChI is InChI=1S/C64H44N2S/c1-63(2)53-33-48-44-23-10-8-21-42(44)41-20-7-9-22-43(41)47(48)31-49(53)50-34-56-60(35-54(50)63)66(59-29-38-17-6-5-16-37(38)28-55(59)64(56,3)4)40-19-15-18-39(30-40)65-57-26-13-11-24-45(57)51-32-52-46-25-12-14-27-61(46)67-62(52)36-58(51)65/h5-36H,1-4H3. The molecule has 0 radical (unpaired) electrons. The average molecular weight is 873 g/mol. The summed E-state index contributed by atoms with van der Waals surface area (Å²) in [5, 5.41) is 15.6. The molecule has 0 spiro atoms. The third-order valence-corrected chi connectivity index (χ3v) is 17.0. The lowest BCUT2D eigenvalue weighted by Gasteiger charge is -2.43. The van der Waals surface area contributed by atoms with Gasteiger partial charge in [0, 0.05) is 53.1 Å². The predicted molar refractivity (Wildman–Crippen MR) is 288 cm³/mol. The number of hydrogen-bond acceptors (Lipinski definition) is 2. The van der Waals surface area contributed by atoms with Crippen molar-refractivity contribution in [3.63, 3.8) is 0 Å². The van der Waals surface area contributed by atoms with E-state index < -0.39 is 0 Å². The van der Waals surface area contributed by atoms with Crippen molar-refractivity contribution in [2.75, 3.05) is 4.90 Å². The van der Waals surface area contributed by atoms with E-state index in [2.05, 4.69) is 231 Å². The maximum atomic E-state index is 2.58. The van der Waals surface area contributed by atoms with Crippen LogP contribution in [0.25, 0.3) is 102 Å². The third-order valence-electron chi connectivity index (χ3n) is 15.9. The summed E-state index contributed by atoms with van der Waals surface area (Å²) in [7, 11) is 0. The summed E-state index contributed by atoms with van der Waals surface area (Å²) < 4.78 is 5.14. The molecule has 0 fully saturated rings. The largest absolute Gasteiger partial charge is 0.310 e. The van der Waals surface area contributed by atoms with E-state index in [0.29, 0.717) is 0 Å². The monoisotopic (exact) mass is 872 g/mol. The second-order valence-corrected chi connectivity index (χ2v) is 21.2. The Labute approximate surface area is 392 Å². The molecule has 11 aromatic carbocycles. The van der Waals surface area contributed by atoms with E-state index in [4.69, 9.17) is 0 Å². The van der Waals surface area contributed by atoms with Gasteiger partial charge in [0.1, 0.15) is 0 Å². The Bertz CT molecular complexity index is 4350. The second-order valence-electron chi connectivity index (χ2n) is 20.1. The highest BCUT2D eigenvalue weighted by Crippen LogP contribution is 2.59. The fourth-order valence-corrected chi connectivity index (χ4v) is 13.7. The van der Waals surface area contributed by atoms with Gasteiger partial charge in [-0.05, 0) is 155 Å². The van der Waals surface area contributed by atoms with Gasteiger partial charge in [0.25, 0.3) is 0 Å². The van der Waals surface area contributed by atoms with Gasteiger partial charge in [0.05, 0.1) is 22.4 Å². The SMILES string of the molecule is CC1(C)c2cc3c(cc2-c2cc4c5ccccc5c5ccccc5c4cc21)C(C)(C)c1cc2ccccc2cc1N3c1cccc(-n2c3ccccc3c3cc4c(cc32)sc2ccccc24)c1. The Morgan fingerprint density at radius 3 is 1.64 bits per heavy atom. The molecule has 0 N–H and O–H groups in total. The van der Waals surface area contributed by atoms with E-state index in [0.717, 1.165) is 11.4 Å². The number of fused-ring (bicyclic) bond motifs is 18. The molecule has 67 heavy (non-hydrogen) atoms. The van der Waals surface area contributed by atoms with Crippen LogP contribution >= 0.6 is 11.3 Å². The van der Waals surface area contributed by atoms with E-state index in [1.165, 1.54) is 130 Å². The first-order valence-corrected chi connectivity index (χ1v) is 24.4. The molecule has 0 saturated carbocycles. The summed E-state index contributed by atoms with van der Waals surface area (Å²) in [5.41, 5.74) is 14.9. The summed E-state index contributed by atoms with van der Waals surface area (Å²) in [4.78, 5) is 2.58. The van der Waals surface area contributed by atoms with Crippen LogP contribution in [-0.4, -0.2) is 4.57 Å². The number of para-hydroxylation sites is 1. The van der Waals surface area contributed by atoms with Crippen LogP contribution in [-0.2, 0) is 10.8 Å². The van der Waals surface area contributed by atoms with Crippen molar-refractivity contribution in [3.8, 4) is 16.8 Å². The van der Waals surface area contributed by atoms with Crippen molar-refractivity contribution in [3.05, 3.63) is 216 Å². The van der Waals surface area contributed by atoms with Gasteiger partial charge in [-0.1, -0.05) is 143 Å². The van der Waals surface area contributed by atoms with E-state index in [-0.39, 0.29) is 10.8 Å². The summed E-state index contributed by atoms with van der Waals surface area (Å²) in [6.07, 6.45) is 0. The Hall–Kier alpha value is -7.72. The number of hydrogen-bond donors (Lipinski definition) is 0. The average Bonchev–Trinajstić information content (AvgIpc) is 3.96. The summed E-state index contributed by atoms with van der Waals surface area (Å²) >= 11 is 1.89. The number of benzene rings is 11. The number of rotatable bonds is 2. The van der Waals surface area contributed by atoms with Gasteiger partial charge >= 0.3 is 0 Å². The van der Waals surface area contributed by atoms with Crippen molar-refractivity contribution in [2.24, 2.45) is 0 Å². The van der Waals surface area contributed by atoms with Crippen LogP contribution in [0.2, 0.25) is 0 Å². The Morgan fingerprint density at radius 1 is 0.328 bits per heavy atom. The normalized spacial score (nSPS) is 14.8. The number of anilines is 3. The van der Waals surface area contributed by atoms with Crippen LogP contribution in [0.4, 0.5) is 17.1 Å². The number of aromatic nitrogens is 1. The fourth-order valence-electron chi connectivity index (χ4n) is 12.6. The Morgan fingerprint density at radius 2 is 0.881 bits per heavy atom. The zero-order chi connectivity index (χ0) is 44.5. The van der Waals surface area contributed by atoms with Crippen molar-refractivity contribution in [1.29, 1.82) is 0 Å². The second kappa shape index (κ2) is 13.0. The first kappa shape index (κ1) is 37.5. The van der Waals surface area contributed by atoms with Gasteiger partial charge in [-0.3, -0.25) is 0 Å². The molecule has 2 aliphatic rings. The van der Waals surface area contributed by atoms with Gasteiger partial charge in [0.2, 0.25) is 0 Å². The molecular formula is C64H44N2S. The quantitative estimate of drug-likeness (QED) is 0.157. The number of thiophene rings is 1. The third kappa shape index (κ3) is 4.94. The predicted octanol–water partition coefficient (Wildman–Crippen LogP) is 18.2. The molecule has 0 unspecified atom stereocenters. The van der Waals surface area contributed by atoms with E-state index in [1.54, 1.807) is 0 Å². The molecular weight excluding hydrogens is 829 g/mol. The molecule has 13 aromatic rings. The van der Waals surface area contributed by atoms with Crippen molar-refractivity contribution >= 4 is 113 Å². The van der Waals surface area contributed by atoms with E-state index in [1.807, 2.05) is 11.3 Å². The molecule has 0 saturated heterocycles. The van der Waals surface area contributed by atoms with Crippen LogP contribution in [0.15, 0.2) is 194 Å². The Kier molecular flexibility index (Phi) is 7.28. The van der Waals surface area contributed by atoms with Gasteiger partial charge in [-0.15, -0.1) is 11.3 Å². The first-order valence-electron chi connectivity index (χ1n) is 23.6. The highest BCUT2D eigenvalue weighted by Gasteiger charge is 2.43. The first-order chi connectivity index (χ1) is 32.7. The smallest absolute Gasteiger partial charge is 0.0555 e. The molecule has 1 aliphatic carbocycles. The maximum absolute atomic E-state index is 2.58. The van der Waals surface area contributed by atoms with Crippen LogP contribution in [0.3, 0.4) is 0 Å². The Balaban J connectivity index is 0.985. The minimum Gasteiger partial charge on any atom is -0.310 e. The van der Waals surface area contributed by atoms with Crippen LogP contribution < -0.4 is 4.90 Å².